The van der Waals surface area contributed by atoms with Gasteiger partial charge in [0, 0.05) is 75.5 Å². The summed E-state index contributed by atoms with van der Waals surface area (Å²) in [6, 6.07) is 28.9. The molecule has 6 rings (SSSR count). The molecule has 0 aliphatic carbocycles. The van der Waals surface area contributed by atoms with E-state index in [1.165, 1.54) is 0 Å². The Balaban J connectivity index is 1.46. The first-order valence-corrected chi connectivity index (χ1v) is 13.5. The minimum Gasteiger partial charge on any atom is -0.497 e. The Kier molecular flexibility index (Phi) is 6.89. The highest BCUT2D eigenvalue weighted by atomic mass is 16.5. The molecule has 0 atom stereocenters. The molecular formula is C35H33N3O3. The van der Waals surface area contributed by atoms with Crippen molar-refractivity contribution in [1.29, 1.82) is 0 Å². The zero-order chi connectivity index (χ0) is 28.5. The largest absolute Gasteiger partial charge is 0.497 e. The number of hydrogen-bond acceptors (Lipinski definition) is 3. The van der Waals surface area contributed by atoms with Crippen LogP contribution in [0.4, 0.5) is 0 Å². The number of aryl methyl sites for hydroxylation is 2. The molecule has 3 aromatic heterocycles. The number of aromatic nitrogens is 3. The average molecular weight is 544 g/mol. The van der Waals surface area contributed by atoms with Gasteiger partial charge in [0.2, 0.25) is 0 Å². The lowest BCUT2D eigenvalue weighted by Crippen LogP contribution is -1.94. The molecule has 6 heteroatoms. The van der Waals surface area contributed by atoms with Gasteiger partial charge in [-0.05, 0) is 98.8 Å². The van der Waals surface area contributed by atoms with Gasteiger partial charge in [0.05, 0.1) is 21.3 Å². The van der Waals surface area contributed by atoms with Gasteiger partial charge >= 0.3 is 0 Å². The Morgan fingerprint density at radius 2 is 0.780 bits per heavy atom. The van der Waals surface area contributed by atoms with Gasteiger partial charge in [-0.3, -0.25) is 0 Å². The van der Waals surface area contributed by atoms with Crippen molar-refractivity contribution < 1.29 is 14.2 Å². The third-order valence-electron chi connectivity index (χ3n) is 7.55. The fraction of sp³-hybridized carbons (Fsp3) is 0.143. The highest BCUT2D eigenvalue weighted by Crippen LogP contribution is 2.37. The third kappa shape index (κ3) is 5.00. The van der Waals surface area contributed by atoms with Crippen LogP contribution in [0.25, 0.3) is 39.3 Å². The third-order valence-corrected chi connectivity index (χ3v) is 7.55. The van der Waals surface area contributed by atoms with Gasteiger partial charge in [0.15, 0.2) is 0 Å². The number of nitrogens with zero attached hydrogens (tertiary/aromatic N) is 3. The number of ether oxygens (including phenoxy) is 3. The second kappa shape index (κ2) is 10.8. The van der Waals surface area contributed by atoms with Gasteiger partial charge < -0.3 is 27.9 Å². The first-order chi connectivity index (χ1) is 20.0. The van der Waals surface area contributed by atoms with Crippen LogP contribution in [-0.4, -0.2) is 35.0 Å². The second-order valence-electron chi connectivity index (χ2n) is 10.1. The van der Waals surface area contributed by atoms with E-state index < -0.39 is 0 Å². The van der Waals surface area contributed by atoms with Crippen LogP contribution >= 0.6 is 0 Å². The molecule has 0 aliphatic heterocycles. The lowest BCUT2D eigenvalue weighted by Gasteiger charge is -2.07. The van der Waals surface area contributed by atoms with Crippen LogP contribution in [0.1, 0.15) is 11.4 Å². The molecule has 206 valence electrons. The molecule has 6 nitrogen and oxygen atoms in total. The summed E-state index contributed by atoms with van der Waals surface area (Å²) in [5.41, 5.74) is 10.2. The molecular weight excluding hydrogens is 510 g/mol. The molecule has 41 heavy (non-hydrogen) atoms. The van der Waals surface area contributed by atoms with Gasteiger partial charge in [-0.15, -0.1) is 0 Å². The van der Waals surface area contributed by atoms with Crippen molar-refractivity contribution in [3.8, 4) is 56.6 Å². The molecule has 0 saturated heterocycles. The second-order valence-corrected chi connectivity index (χ2v) is 10.1. The Bertz CT molecular complexity index is 1680. The summed E-state index contributed by atoms with van der Waals surface area (Å²) in [7, 11) is 5.06. The van der Waals surface area contributed by atoms with Crippen LogP contribution in [0.5, 0.6) is 17.2 Å². The normalized spacial score (nSPS) is 11.0. The summed E-state index contributed by atoms with van der Waals surface area (Å²) < 4.78 is 22.7. The molecule has 0 aliphatic rings. The highest BCUT2D eigenvalue weighted by Gasteiger charge is 2.17. The van der Waals surface area contributed by atoms with Crippen molar-refractivity contribution in [2.45, 2.75) is 13.8 Å². The minimum absolute atomic E-state index is 0.834. The van der Waals surface area contributed by atoms with E-state index >= 15 is 0 Å². The first kappa shape index (κ1) is 26.1. The van der Waals surface area contributed by atoms with E-state index in [1.54, 1.807) is 21.3 Å². The van der Waals surface area contributed by atoms with Crippen LogP contribution in [0.2, 0.25) is 0 Å². The molecule has 0 saturated carbocycles. The summed E-state index contributed by atoms with van der Waals surface area (Å²) in [5.74, 6) is 2.52. The minimum atomic E-state index is 0.834. The van der Waals surface area contributed by atoms with Crippen LogP contribution in [0.15, 0.2) is 110 Å². The van der Waals surface area contributed by atoms with Crippen molar-refractivity contribution in [2.75, 3.05) is 21.3 Å². The molecule has 0 N–H and O–H groups in total. The summed E-state index contributed by atoms with van der Waals surface area (Å²) in [5, 5.41) is 0. The van der Waals surface area contributed by atoms with Crippen molar-refractivity contribution in [3.05, 3.63) is 121 Å². The predicted molar refractivity (Wildman–Crippen MR) is 164 cm³/mol. The van der Waals surface area contributed by atoms with E-state index in [0.717, 1.165) is 68.0 Å². The maximum atomic E-state index is 5.39. The molecule has 3 aromatic carbocycles. The summed E-state index contributed by atoms with van der Waals surface area (Å²) in [4.78, 5) is 0. The summed E-state index contributed by atoms with van der Waals surface area (Å²) >= 11 is 0. The lowest BCUT2D eigenvalue weighted by molar-refractivity contribution is 0.414. The maximum absolute atomic E-state index is 5.39. The Labute approximate surface area is 240 Å². The zero-order valence-electron chi connectivity index (χ0n) is 24.0. The van der Waals surface area contributed by atoms with E-state index in [9.17, 15) is 0 Å². The summed E-state index contributed by atoms with van der Waals surface area (Å²) in [6.45, 7) is 4.27. The van der Waals surface area contributed by atoms with Crippen molar-refractivity contribution in [3.63, 3.8) is 0 Å². The van der Waals surface area contributed by atoms with Crippen LogP contribution in [0, 0.1) is 13.8 Å². The quantitative estimate of drug-likeness (QED) is 0.195. The smallest absolute Gasteiger partial charge is 0.119 e. The van der Waals surface area contributed by atoms with Crippen LogP contribution in [0.3, 0.4) is 0 Å². The van der Waals surface area contributed by atoms with E-state index in [4.69, 9.17) is 14.2 Å². The number of benzene rings is 3. The lowest BCUT2D eigenvalue weighted by atomic mass is 10.0. The number of rotatable bonds is 8. The van der Waals surface area contributed by atoms with Gasteiger partial charge in [-0.25, -0.2) is 0 Å². The Morgan fingerprint density at radius 3 is 1.12 bits per heavy atom. The molecule has 0 bridgehead atoms. The SMILES string of the molecule is COc1ccc(-n2cc(-c3cc(C)n(-c4ccc(OC)cc4)c3)c(-c3cc(C)n(-c4ccc(OC)cc4)c3)c2)cc1. The van der Waals surface area contributed by atoms with Gasteiger partial charge in [0.1, 0.15) is 17.2 Å². The molecule has 0 unspecified atom stereocenters. The number of hydrogen-bond donors (Lipinski definition) is 0. The van der Waals surface area contributed by atoms with Crippen molar-refractivity contribution in [1.82, 2.24) is 13.7 Å². The predicted octanol–water partition coefficient (Wildman–Crippen LogP) is 8.04. The van der Waals surface area contributed by atoms with Crippen LogP contribution in [-0.2, 0) is 0 Å². The van der Waals surface area contributed by atoms with Crippen molar-refractivity contribution in [2.24, 2.45) is 0 Å². The van der Waals surface area contributed by atoms with Gasteiger partial charge in [-0.2, -0.15) is 0 Å². The zero-order valence-corrected chi connectivity index (χ0v) is 24.0. The van der Waals surface area contributed by atoms with Gasteiger partial charge in [-0.1, -0.05) is 0 Å². The fourth-order valence-corrected chi connectivity index (χ4v) is 5.30. The fourth-order valence-electron chi connectivity index (χ4n) is 5.30. The standard InChI is InChI=1S/C35H33N3O3/c1-24-18-26(20-37(24)29-8-14-32(40-4)15-9-29)34-22-36(28-6-12-31(39-3)13-7-28)23-35(34)27-19-25(2)38(21-27)30-10-16-33(41-5)17-11-30/h6-23H,1-5H3. The first-order valence-electron chi connectivity index (χ1n) is 13.5. The number of methoxy groups -OCH3 is 3. The maximum Gasteiger partial charge on any atom is 0.119 e. The highest BCUT2D eigenvalue weighted by molar-refractivity contribution is 5.84. The summed E-state index contributed by atoms with van der Waals surface area (Å²) in [6.07, 6.45) is 8.85. The topological polar surface area (TPSA) is 42.5 Å². The Hall–Kier alpha value is -5.10. The monoisotopic (exact) mass is 543 g/mol. The molecule has 3 heterocycles. The molecule has 6 aromatic rings. The Morgan fingerprint density at radius 1 is 0.439 bits per heavy atom. The van der Waals surface area contributed by atoms with Gasteiger partial charge in [0.25, 0.3) is 0 Å². The van der Waals surface area contributed by atoms with E-state index in [2.05, 4.69) is 101 Å². The molecule has 0 amide bonds. The van der Waals surface area contributed by atoms with E-state index in [-0.39, 0.29) is 0 Å². The average Bonchev–Trinajstić information content (AvgIpc) is 3.74. The molecule has 0 spiro atoms. The van der Waals surface area contributed by atoms with Crippen LogP contribution < -0.4 is 14.2 Å². The molecule has 0 radical (unpaired) electrons. The van der Waals surface area contributed by atoms with E-state index in [0.29, 0.717) is 0 Å². The molecule has 0 fully saturated rings. The van der Waals surface area contributed by atoms with E-state index in [1.807, 2.05) is 36.4 Å². The van der Waals surface area contributed by atoms with Crippen molar-refractivity contribution >= 4 is 0 Å².